The lowest BCUT2D eigenvalue weighted by Gasteiger charge is -2.23. The molecule has 132 valence electrons. The van der Waals surface area contributed by atoms with Crippen molar-refractivity contribution >= 4 is 42.1 Å². The molecule has 1 unspecified atom stereocenters. The summed E-state index contributed by atoms with van der Waals surface area (Å²) in [6, 6.07) is 7.33. The second kappa shape index (κ2) is 11.5. The number of hydrogen-bond acceptors (Lipinski definition) is 4. The SMILES string of the molecule is COCC(N)C(=O)Nc1cccc(N2CCCCCC2)c1.Cl.Cl. The molecule has 1 saturated heterocycles. The number of anilines is 2. The molecule has 3 N–H and O–H groups in total. The van der Waals surface area contributed by atoms with Gasteiger partial charge in [-0.3, -0.25) is 4.79 Å². The lowest BCUT2D eigenvalue weighted by atomic mass is 10.2. The van der Waals surface area contributed by atoms with Crippen LogP contribution in [0.5, 0.6) is 0 Å². The van der Waals surface area contributed by atoms with Gasteiger partial charge in [-0.1, -0.05) is 18.9 Å². The summed E-state index contributed by atoms with van der Waals surface area (Å²) < 4.78 is 4.90. The normalized spacial score (nSPS) is 15.7. The van der Waals surface area contributed by atoms with Gasteiger partial charge in [-0.25, -0.2) is 0 Å². The fourth-order valence-electron chi connectivity index (χ4n) is 2.60. The third-order valence-electron chi connectivity index (χ3n) is 3.77. The lowest BCUT2D eigenvalue weighted by Crippen LogP contribution is -2.39. The summed E-state index contributed by atoms with van der Waals surface area (Å²) in [6.45, 7) is 2.39. The first-order chi connectivity index (χ1) is 10.2. The standard InChI is InChI=1S/C16H25N3O2.2ClH/c1-21-12-15(17)16(20)18-13-7-6-8-14(11-13)19-9-4-2-3-5-10-19;;/h6-8,11,15H,2-5,9-10,12,17H2,1H3,(H,18,20);2*1H. The van der Waals surface area contributed by atoms with Gasteiger partial charge >= 0.3 is 0 Å². The fraction of sp³-hybridized carbons (Fsp3) is 0.562. The zero-order valence-electron chi connectivity index (χ0n) is 13.5. The largest absolute Gasteiger partial charge is 0.383 e. The lowest BCUT2D eigenvalue weighted by molar-refractivity contribution is -0.118. The highest BCUT2D eigenvalue weighted by Gasteiger charge is 2.14. The number of hydrogen-bond donors (Lipinski definition) is 2. The predicted molar refractivity (Wildman–Crippen MR) is 100 cm³/mol. The molecular formula is C16H27Cl2N3O2. The maximum Gasteiger partial charge on any atom is 0.243 e. The molecular weight excluding hydrogens is 337 g/mol. The summed E-state index contributed by atoms with van der Waals surface area (Å²) in [5, 5.41) is 2.85. The predicted octanol–water partition coefficient (Wildman–Crippen LogP) is 2.82. The van der Waals surface area contributed by atoms with E-state index in [9.17, 15) is 4.79 Å². The Hall–Kier alpha value is -1.01. The monoisotopic (exact) mass is 363 g/mol. The molecule has 1 heterocycles. The van der Waals surface area contributed by atoms with Crippen LogP contribution in [0.4, 0.5) is 11.4 Å². The zero-order valence-corrected chi connectivity index (χ0v) is 15.1. The van der Waals surface area contributed by atoms with E-state index >= 15 is 0 Å². The van der Waals surface area contributed by atoms with Gasteiger partial charge in [0.05, 0.1) is 6.61 Å². The molecule has 0 aliphatic carbocycles. The Labute approximate surface area is 150 Å². The van der Waals surface area contributed by atoms with E-state index in [1.165, 1.54) is 32.8 Å². The molecule has 1 aromatic carbocycles. The van der Waals surface area contributed by atoms with Crippen LogP contribution < -0.4 is 16.0 Å². The maximum absolute atomic E-state index is 11.9. The number of carbonyl (C=O) groups excluding carboxylic acids is 1. The van der Waals surface area contributed by atoms with Crippen molar-refractivity contribution in [2.75, 3.05) is 37.0 Å². The topological polar surface area (TPSA) is 67.6 Å². The van der Waals surface area contributed by atoms with E-state index in [0.717, 1.165) is 24.5 Å². The van der Waals surface area contributed by atoms with Crippen LogP contribution in [0.1, 0.15) is 25.7 Å². The summed E-state index contributed by atoms with van der Waals surface area (Å²) in [5.74, 6) is -0.218. The first kappa shape index (κ1) is 22.0. The molecule has 2 rings (SSSR count). The van der Waals surface area contributed by atoms with Crippen molar-refractivity contribution in [2.45, 2.75) is 31.7 Å². The second-order valence-corrected chi connectivity index (χ2v) is 5.50. The van der Waals surface area contributed by atoms with Gasteiger partial charge in [0.15, 0.2) is 0 Å². The summed E-state index contributed by atoms with van der Waals surface area (Å²) in [4.78, 5) is 14.3. The number of carbonyl (C=O) groups is 1. The van der Waals surface area contributed by atoms with E-state index < -0.39 is 6.04 Å². The molecule has 1 aliphatic rings. The van der Waals surface area contributed by atoms with Crippen LogP contribution >= 0.6 is 24.8 Å². The van der Waals surface area contributed by atoms with Crippen LogP contribution in [0.3, 0.4) is 0 Å². The van der Waals surface area contributed by atoms with Gasteiger partial charge in [0.25, 0.3) is 0 Å². The highest BCUT2D eigenvalue weighted by molar-refractivity contribution is 5.95. The van der Waals surface area contributed by atoms with Gasteiger partial charge in [0.2, 0.25) is 5.91 Å². The van der Waals surface area contributed by atoms with Crippen LogP contribution in [0.15, 0.2) is 24.3 Å². The summed E-state index contributed by atoms with van der Waals surface area (Å²) >= 11 is 0. The number of methoxy groups -OCH3 is 1. The van der Waals surface area contributed by atoms with Gasteiger partial charge < -0.3 is 20.7 Å². The third kappa shape index (κ3) is 6.96. The molecule has 0 saturated carbocycles. The van der Waals surface area contributed by atoms with E-state index in [2.05, 4.69) is 16.3 Å². The van der Waals surface area contributed by atoms with Gasteiger partial charge in [-0.05, 0) is 31.0 Å². The molecule has 1 aliphatic heterocycles. The molecule has 1 amide bonds. The van der Waals surface area contributed by atoms with Gasteiger partial charge in [0.1, 0.15) is 6.04 Å². The second-order valence-electron chi connectivity index (χ2n) is 5.50. The quantitative estimate of drug-likeness (QED) is 0.843. The molecule has 5 nitrogen and oxygen atoms in total. The number of nitrogens with one attached hydrogen (secondary N) is 1. The number of rotatable bonds is 5. The highest BCUT2D eigenvalue weighted by Crippen LogP contribution is 2.22. The number of nitrogens with two attached hydrogens (primary N) is 1. The minimum absolute atomic E-state index is 0. The number of benzene rings is 1. The molecule has 0 aromatic heterocycles. The third-order valence-corrected chi connectivity index (χ3v) is 3.77. The van der Waals surface area contributed by atoms with Gasteiger partial charge in [0, 0.05) is 31.6 Å². The first-order valence-electron chi connectivity index (χ1n) is 7.61. The highest BCUT2D eigenvalue weighted by atomic mass is 35.5. The average Bonchev–Trinajstić information content (AvgIpc) is 2.77. The van der Waals surface area contributed by atoms with Crippen molar-refractivity contribution in [1.82, 2.24) is 0 Å². The Morgan fingerprint density at radius 3 is 2.52 bits per heavy atom. The van der Waals surface area contributed by atoms with E-state index in [0.29, 0.717) is 0 Å². The Kier molecular flexibility index (Phi) is 11.0. The van der Waals surface area contributed by atoms with Crippen molar-refractivity contribution in [3.63, 3.8) is 0 Å². The number of ether oxygens (including phenoxy) is 1. The summed E-state index contributed by atoms with van der Waals surface area (Å²) in [5.41, 5.74) is 7.68. The van der Waals surface area contributed by atoms with E-state index in [1.54, 1.807) is 0 Å². The van der Waals surface area contributed by atoms with Crippen LogP contribution in [-0.4, -0.2) is 38.8 Å². The maximum atomic E-state index is 11.9. The average molecular weight is 364 g/mol. The van der Waals surface area contributed by atoms with Crippen LogP contribution in [0.25, 0.3) is 0 Å². The smallest absolute Gasteiger partial charge is 0.243 e. The number of nitrogens with zero attached hydrogens (tertiary/aromatic N) is 1. The van der Waals surface area contributed by atoms with Crippen molar-refractivity contribution in [2.24, 2.45) is 5.73 Å². The molecule has 1 aromatic rings. The van der Waals surface area contributed by atoms with E-state index in [-0.39, 0.29) is 37.3 Å². The van der Waals surface area contributed by atoms with Crippen molar-refractivity contribution in [1.29, 1.82) is 0 Å². The summed E-state index contributed by atoms with van der Waals surface area (Å²) in [7, 11) is 1.53. The molecule has 0 radical (unpaired) electrons. The molecule has 7 heteroatoms. The van der Waals surface area contributed by atoms with Crippen molar-refractivity contribution < 1.29 is 9.53 Å². The van der Waals surface area contributed by atoms with Crippen LogP contribution in [0.2, 0.25) is 0 Å². The minimum Gasteiger partial charge on any atom is -0.383 e. The number of halogens is 2. The van der Waals surface area contributed by atoms with Crippen LogP contribution in [-0.2, 0) is 9.53 Å². The zero-order chi connectivity index (χ0) is 15.1. The Morgan fingerprint density at radius 1 is 1.26 bits per heavy atom. The molecule has 23 heavy (non-hydrogen) atoms. The molecule has 0 spiro atoms. The Morgan fingerprint density at radius 2 is 1.91 bits per heavy atom. The van der Waals surface area contributed by atoms with Crippen molar-refractivity contribution in [3.05, 3.63) is 24.3 Å². The summed E-state index contributed by atoms with van der Waals surface area (Å²) in [6.07, 6.45) is 5.07. The fourth-order valence-corrected chi connectivity index (χ4v) is 2.60. The Balaban J connectivity index is 0.00000242. The minimum atomic E-state index is -0.642. The molecule has 0 bridgehead atoms. The number of amides is 1. The van der Waals surface area contributed by atoms with Gasteiger partial charge in [-0.2, -0.15) is 0 Å². The Bertz CT molecular complexity index is 466. The van der Waals surface area contributed by atoms with E-state index in [1.807, 2.05) is 18.2 Å². The molecule has 1 fully saturated rings. The van der Waals surface area contributed by atoms with Crippen LogP contribution in [0, 0.1) is 0 Å². The van der Waals surface area contributed by atoms with E-state index in [4.69, 9.17) is 10.5 Å². The van der Waals surface area contributed by atoms with Crippen molar-refractivity contribution in [3.8, 4) is 0 Å². The first-order valence-corrected chi connectivity index (χ1v) is 7.61. The molecule has 1 atom stereocenters. The van der Waals surface area contributed by atoms with Gasteiger partial charge in [-0.15, -0.1) is 24.8 Å².